The first-order chi connectivity index (χ1) is 9.58. The third-order valence-electron chi connectivity index (χ3n) is 3.07. The second-order valence-corrected chi connectivity index (χ2v) is 5.57. The molecule has 0 saturated carbocycles. The molecule has 2 aromatic carbocycles. The molecular weight excluding hydrogens is 323 g/mol. The smallest absolute Gasteiger partial charge is 0.126 e. The Morgan fingerprint density at radius 3 is 2.75 bits per heavy atom. The van der Waals surface area contributed by atoms with Crippen molar-refractivity contribution in [1.29, 1.82) is 0 Å². The van der Waals surface area contributed by atoms with E-state index in [1.165, 1.54) is 6.07 Å². The van der Waals surface area contributed by atoms with E-state index >= 15 is 0 Å². The van der Waals surface area contributed by atoms with Crippen LogP contribution < -0.4 is 4.74 Å². The molecule has 0 bridgehead atoms. The van der Waals surface area contributed by atoms with Crippen molar-refractivity contribution in [3.05, 3.63) is 63.9 Å². The largest absolute Gasteiger partial charge is 0.497 e. The predicted octanol–water partition coefficient (Wildman–Crippen LogP) is 3.74. The standard InChI is InChI=1S/C16H16BrFO2/c1-20-15-4-2-3-11(8-15)7-14(19)10-12-9-13(17)5-6-16(12)18/h2-6,8-9,14,19H,7,10H2,1H3. The molecule has 0 aromatic heterocycles. The summed E-state index contributed by atoms with van der Waals surface area (Å²) in [6, 6.07) is 12.3. The minimum atomic E-state index is -0.633. The molecule has 0 aliphatic carbocycles. The number of hydrogen-bond donors (Lipinski definition) is 1. The van der Waals surface area contributed by atoms with Crippen LogP contribution in [0.3, 0.4) is 0 Å². The lowest BCUT2D eigenvalue weighted by atomic mass is 10.0. The zero-order chi connectivity index (χ0) is 14.5. The van der Waals surface area contributed by atoms with Gasteiger partial charge in [-0.25, -0.2) is 4.39 Å². The Balaban J connectivity index is 2.04. The first-order valence-electron chi connectivity index (χ1n) is 6.33. The first-order valence-corrected chi connectivity index (χ1v) is 7.12. The summed E-state index contributed by atoms with van der Waals surface area (Å²) in [5, 5.41) is 10.1. The molecule has 1 unspecified atom stereocenters. The molecule has 0 fully saturated rings. The molecule has 0 aliphatic rings. The monoisotopic (exact) mass is 338 g/mol. The van der Waals surface area contributed by atoms with E-state index in [0.717, 1.165) is 15.8 Å². The summed E-state index contributed by atoms with van der Waals surface area (Å²) in [5.41, 5.74) is 1.47. The van der Waals surface area contributed by atoms with E-state index in [-0.39, 0.29) is 12.2 Å². The lowest BCUT2D eigenvalue weighted by Crippen LogP contribution is -2.15. The Morgan fingerprint density at radius 1 is 1.20 bits per heavy atom. The Labute approximate surface area is 126 Å². The van der Waals surface area contributed by atoms with Crippen molar-refractivity contribution in [3.8, 4) is 5.75 Å². The molecule has 0 spiro atoms. The lowest BCUT2D eigenvalue weighted by Gasteiger charge is -2.12. The molecule has 0 amide bonds. The van der Waals surface area contributed by atoms with Gasteiger partial charge in [0, 0.05) is 10.9 Å². The van der Waals surface area contributed by atoms with Gasteiger partial charge in [-0.3, -0.25) is 0 Å². The van der Waals surface area contributed by atoms with Gasteiger partial charge >= 0.3 is 0 Å². The fraction of sp³-hybridized carbons (Fsp3) is 0.250. The highest BCUT2D eigenvalue weighted by molar-refractivity contribution is 9.10. The maximum atomic E-state index is 13.6. The third kappa shape index (κ3) is 4.05. The van der Waals surface area contributed by atoms with Gasteiger partial charge < -0.3 is 9.84 Å². The van der Waals surface area contributed by atoms with Gasteiger partial charge in [0.2, 0.25) is 0 Å². The van der Waals surface area contributed by atoms with Crippen molar-refractivity contribution in [3.63, 3.8) is 0 Å². The van der Waals surface area contributed by atoms with E-state index in [0.29, 0.717) is 12.0 Å². The molecule has 0 heterocycles. The number of aliphatic hydroxyl groups excluding tert-OH is 1. The highest BCUT2D eigenvalue weighted by Gasteiger charge is 2.11. The fourth-order valence-corrected chi connectivity index (χ4v) is 2.51. The van der Waals surface area contributed by atoms with Crippen LogP contribution in [0.1, 0.15) is 11.1 Å². The highest BCUT2D eigenvalue weighted by Crippen LogP contribution is 2.19. The van der Waals surface area contributed by atoms with Gasteiger partial charge in [-0.05, 0) is 47.9 Å². The Kier molecular flexibility index (Phi) is 5.15. The average Bonchev–Trinajstić information content (AvgIpc) is 2.43. The Morgan fingerprint density at radius 2 is 2.00 bits per heavy atom. The minimum absolute atomic E-state index is 0.280. The molecule has 0 radical (unpaired) electrons. The summed E-state index contributed by atoms with van der Waals surface area (Å²) >= 11 is 3.31. The van der Waals surface area contributed by atoms with Gasteiger partial charge in [0.15, 0.2) is 0 Å². The van der Waals surface area contributed by atoms with Crippen LogP contribution in [0.4, 0.5) is 4.39 Å². The van der Waals surface area contributed by atoms with Gasteiger partial charge in [-0.1, -0.05) is 28.1 Å². The SMILES string of the molecule is COc1cccc(CC(O)Cc2cc(Br)ccc2F)c1. The number of halogens is 2. The molecule has 0 saturated heterocycles. The van der Waals surface area contributed by atoms with Gasteiger partial charge in [-0.15, -0.1) is 0 Å². The summed E-state index contributed by atoms with van der Waals surface area (Å²) in [6.07, 6.45) is 0.108. The second kappa shape index (κ2) is 6.86. The summed E-state index contributed by atoms with van der Waals surface area (Å²) in [5.74, 6) is 0.459. The van der Waals surface area contributed by atoms with Crippen LogP contribution in [-0.4, -0.2) is 18.3 Å². The van der Waals surface area contributed by atoms with Gasteiger partial charge in [0.1, 0.15) is 11.6 Å². The van der Waals surface area contributed by atoms with Gasteiger partial charge in [-0.2, -0.15) is 0 Å². The average molecular weight is 339 g/mol. The van der Waals surface area contributed by atoms with Gasteiger partial charge in [0.25, 0.3) is 0 Å². The van der Waals surface area contributed by atoms with Crippen molar-refractivity contribution in [2.24, 2.45) is 0 Å². The Hall–Kier alpha value is -1.39. The van der Waals surface area contributed by atoms with Crippen molar-refractivity contribution in [2.45, 2.75) is 18.9 Å². The lowest BCUT2D eigenvalue weighted by molar-refractivity contribution is 0.174. The minimum Gasteiger partial charge on any atom is -0.497 e. The molecule has 1 atom stereocenters. The van der Waals surface area contributed by atoms with Crippen molar-refractivity contribution in [1.82, 2.24) is 0 Å². The van der Waals surface area contributed by atoms with E-state index in [9.17, 15) is 9.50 Å². The zero-order valence-corrected chi connectivity index (χ0v) is 12.7. The molecule has 2 rings (SSSR count). The molecular formula is C16H16BrFO2. The van der Waals surface area contributed by atoms with Crippen LogP contribution in [0, 0.1) is 5.82 Å². The quantitative estimate of drug-likeness (QED) is 0.899. The van der Waals surface area contributed by atoms with Crippen molar-refractivity contribution >= 4 is 15.9 Å². The highest BCUT2D eigenvalue weighted by atomic mass is 79.9. The normalized spacial score (nSPS) is 12.2. The van der Waals surface area contributed by atoms with Crippen LogP contribution in [0.25, 0.3) is 0 Å². The van der Waals surface area contributed by atoms with Crippen LogP contribution in [-0.2, 0) is 12.8 Å². The van der Waals surface area contributed by atoms with E-state index in [1.807, 2.05) is 24.3 Å². The number of ether oxygens (including phenoxy) is 1. The molecule has 20 heavy (non-hydrogen) atoms. The van der Waals surface area contributed by atoms with Crippen molar-refractivity contribution < 1.29 is 14.2 Å². The molecule has 2 nitrogen and oxygen atoms in total. The van der Waals surface area contributed by atoms with Crippen LogP contribution in [0.5, 0.6) is 5.75 Å². The summed E-state index contributed by atoms with van der Waals surface area (Å²) in [7, 11) is 1.60. The zero-order valence-electron chi connectivity index (χ0n) is 11.1. The molecule has 4 heteroatoms. The summed E-state index contributed by atoms with van der Waals surface area (Å²) in [4.78, 5) is 0. The van der Waals surface area contributed by atoms with Crippen LogP contribution in [0.2, 0.25) is 0 Å². The van der Waals surface area contributed by atoms with E-state index < -0.39 is 6.10 Å². The molecule has 106 valence electrons. The molecule has 0 aliphatic heterocycles. The topological polar surface area (TPSA) is 29.5 Å². The predicted molar refractivity (Wildman–Crippen MR) is 80.5 cm³/mol. The number of aliphatic hydroxyl groups is 1. The van der Waals surface area contributed by atoms with Crippen LogP contribution in [0.15, 0.2) is 46.9 Å². The fourth-order valence-electron chi connectivity index (χ4n) is 2.10. The number of hydrogen-bond acceptors (Lipinski definition) is 2. The third-order valence-corrected chi connectivity index (χ3v) is 3.56. The molecule has 1 N–H and O–H groups in total. The number of benzene rings is 2. The van der Waals surface area contributed by atoms with Crippen LogP contribution >= 0.6 is 15.9 Å². The van der Waals surface area contributed by atoms with E-state index in [2.05, 4.69) is 15.9 Å². The van der Waals surface area contributed by atoms with Gasteiger partial charge in [0.05, 0.1) is 13.2 Å². The Bertz CT molecular complexity index is 586. The number of rotatable bonds is 5. The van der Waals surface area contributed by atoms with E-state index in [4.69, 9.17) is 4.74 Å². The number of methoxy groups -OCH3 is 1. The summed E-state index contributed by atoms with van der Waals surface area (Å²) in [6.45, 7) is 0. The second-order valence-electron chi connectivity index (χ2n) is 4.65. The first kappa shape index (κ1) is 15.0. The van der Waals surface area contributed by atoms with Crippen molar-refractivity contribution in [2.75, 3.05) is 7.11 Å². The van der Waals surface area contributed by atoms with E-state index in [1.54, 1.807) is 19.2 Å². The molecule has 2 aromatic rings. The maximum Gasteiger partial charge on any atom is 0.126 e. The summed E-state index contributed by atoms with van der Waals surface area (Å²) < 4.78 is 19.6. The maximum absolute atomic E-state index is 13.6.